The summed E-state index contributed by atoms with van der Waals surface area (Å²) < 4.78 is 10.5. The topological polar surface area (TPSA) is 72.2 Å². The lowest BCUT2D eigenvalue weighted by molar-refractivity contribution is 0.375. The summed E-state index contributed by atoms with van der Waals surface area (Å²) in [5.74, 6) is 2.06. The Hall–Kier alpha value is -1.79. The molecule has 6 nitrogen and oxygen atoms in total. The first-order chi connectivity index (χ1) is 9.72. The zero-order valence-electron chi connectivity index (χ0n) is 12.4. The third-order valence-corrected chi connectivity index (χ3v) is 3.03. The van der Waals surface area contributed by atoms with E-state index >= 15 is 0 Å². The highest BCUT2D eigenvalue weighted by molar-refractivity contribution is 5.85. The van der Waals surface area contributed by atoms with Crippen molar-refractivity contribution in [1.29, 1.82) is 0 Å². The third kappa shape index (κ3) is 4.91. The van der Waals surface area contributed by atoms with Crippen molar-refractivity contribution >= 4 is 18.1 Å². The summed E-state index contributed by atoms with van der Waals surface area (Å²) in [6.07, 6.45) is 0.745. The average molecular weight is 313 g/mol. The standard InChI is InChI=1S/C14H20N4O2.ClH/c1-10(15-2)8-13-17-14(20-18-13)9-16-11-6-4-5-7-12(11)19-3;/h4-7,10,15-16H,8-9H2,1-3H3;1H. The lowest BCUT2D eigenvalue weighted by Gasteiger charge is -2.08. The predicted molar refractivity (Wildman–Crippen MR) is 84.1 cm³/mol. The van der Waals surface area contributed by atoms with Crippen LogP contribution in [0.3, 0.4) is 0 Å². The van der Waals surface area contributed by atoms with Crippen LogP contribution >= 0.6 is 12.4 Å². The Morgan fingerprint density at radius 2 is 2.10 bits per heavy atom. The maximum atomic E-state index is 5.27. The highest BCUT2D eigenvalue weighted by Crippen LogP contribution is 2.23. The van der Waals surface area contributed by atoms with Crippen LogP contribution in [0.15, 0.2) is 28.8 Å². The van der Waals surface area contributed by atoms with Crippen LogP contribution in [0.25, 0.3) is 0 Å². The highest BCUT2D eigenvalue weighted by atomic mass is 35.5. The van der Waals surface area contributed by atoms with Crippen LogP contribution in [0.1, 0.15) is 18.6 Å². The van der Waals surface area contributed by atoms with E-state index < -0.39 is 0 Å². The summed E-state index contributed by atoms with van der Waals surface area (Å²) in [5.41, 5.74) is 0.901. The van der Waals surface area contributed by atoms with Crippen LogP contribution < -0.4 is 15.4 Å². The summed E-state index contributed by atoms with van der Waals surface area (Å²) >= 11 is 0. The number of rotatable bonds is 7. The van der Waals surface area contributed by atoms with Gasteiger partial charge in [-0.3, -0.25) is 0 Å². The maximum absolute atomic E-state index is 5.27. The molecule has 1 aromatic carbocycles. The molecule has 21 heavy (non-hydrogen) atoms. The first kappa shape index (κ1) is 17.3. The van der Waals surface area contributed by atoms with Crippen LogP contribution in [-0.4, -0.2) is 30.3 Å². The fraction of sp³-hybridized carbons (Fsp3) is 0.429. The van der Waals surface area contributed by atoms with Crippen LogP contribution in [-0.2, 0) is 13.0 Å². The van der Waals surface area contributed by atoms with E-state index in [9.17, 15) is 0 Å². The number of halogens is 1. The molecule has 1 atom stereocenters. The molecule has 0 spiro atoms. The Morgan fingerprint density at radius 1 is 1.33 bits per heavy atom. The normalized spacial score (nSPS) is 11.6. The van der Waals surface area contributed by atoms with Crippen molar-refractivity contribution in [2.75, 3.05) is 19.5 Å². The van der Waals surface area contributed by atoms with E-state index in [0.29, 0.717) is 24.3 Å². The molecular weight excluding hydrogens is 292 g/mol. The highest BCUT2D eigenvalue weighted by Gasteiger charge is 2.10. The third-order valence-electron chi connectivity index (χ3n) is 3.03. The number of methoxy groups -OCH3 is 1. The monoisotopic (exact) mass is 312 g/mol. The summed E-state index contributed by atoms with van der Waals surface area (Å²) in [5, 5.41) is 10.3. The Labute approximate surface area is 130 Å². The van der Waals surface area contributed by atoms with Crippen molar-refractivity contribution < 1.29 is 9.26 Å². The first-order valence-corrected chi connectivity index (χ1v) is 6.58. The van der Waals surface area contributed by atoms with E-state index in [1.807, 2.05) is 31.3 Å². The van der Waals surface area contributed by atoms with E-state index in [-0.39, 0.29) is 12.4 Å². The number of likely N-dealkylation sites (N-methyl/N-ethyl adjacent to an activating group) is 1. The number of hydrogen-bond acceptors (Lipinski definition) is 6. The van der Waals surface area contributed by atoms with Gasteiger partial charge in [0.1, 0.15) is 5.75 Å². The van der Waals surface area contributed by atoms with Crippen molar-refractivity contribution in [1.82, 2.24) is 15.5 Å². The number of hydrogen-bond donors (Lipinski definition) is 2. The number of nitrogens with zero attached hydrogens (tertiary/aromatic N) is 2. The number of benzene rings is 1. The predicted octanol–water partition coefficient (Wildman–Crippen LogP) is 2.26. The minimum absolute atomic E-state index is 0. The van der Waals surface area contributed by atoms with Crippen LogP contribution in [0.2, 0.25) is 0 Å². The van der Waals surface area contributed by atoms with Crippen molar-refractivity contribution in [3.8, 4) is 5.75 Å². The molecule has 0 bridgehead atoms. The fourth-order valence-corrected chi connectivity index (χ4v) is 1.78. The summed E-state index contributed by atoms with van der Waals surface area (Å²) in [6.45, 7) is 2.55. The van der Waals surface area contributed by atoms with Crippen LogP contribution in [0.4, 0.5) is 5.69 Å². The molecule has 0 radical (unpaired) electrons. The van der Waals surface area contributed by atoms with Gasteiger partial charge in [0, 0.05) is 12.5 Å². The van der Waals surface area contributed by atoms with E-state index in [1.54, 1.807) is 7.11 Å². The van der Waals surface area contributed by atoms with Crippen LogP contribution in [0, 0.1) is 0 Å². The second-order valence-corrected chi connectivity index (χ2v) is 4.55. The average Bonchev–Trinajstić information content (AvgIpc) is 2.92. The van der Waals surface area contributed by atoms with Crippen molar-refractivity contribution in [2.24, 2.45) is 0 Å². The molecular formula is C14H21ClN4O2. The summed E-state index contributed by atoms with van der Waals surface area (Å²) in [4.78, 5) is 4.35. The van der Waals surface area contributed by atoms with E-state index in [1.165, 1.54) is 0 Å². The molecule has 1 unspecified atom stereocenters. The molecule has 1 aromatic heterocycles. The molecule has 116 valence electrons. The van der Waals surface area contributed by atoms with Crippen molar-refractivity contribution in [3.63, 3.8) is 0 Å². The molecule has 0 saturated carbocycles. The molecule has 2 rings (SSSR count). The zero-order valence-corrected chi connectivity index (χ0v) is 13.2. The largest absolute Gasteiger partial charge is 0.495 e. The van der Waals surface area contributed by atoms with Gasteiger partial charge in [-0.1, -0.05) is 17.3 Å². The quantitative estimate of drug-likeness (QED) is 0.817. The number of aromatic nitrogens is 2. The Morgan fingerprint density at radius 3 is 2.81 bits per heavy atom. The van der Waals surface area contributed by atoms with Gasteiger partial charge in [0.05, 0.1) is 19.3 Å². The van der Waals surface area contributed by atoms with Gasteiger partial charge in [-0.25, -0.2) is 0 Å². The molecule has 0 aliphatic heterocycles. The fourth-order valence-electron chi connectivity index (χ4n) is 1.78. The van der Waals surface area contributed by atoms with Crippen LogP contribution in [0.5, 0.6) is 5.75 Å². The van der Waals surface area contributed by atoms with Gasteiger partial charge in [0.15, 0.2) is 5.82 Å². The molecule has 1 heterocycles. The lowest BCUT2D eigenvalue weighted by atomic mass is 10.2. The number of nitrogens with one attached hydrogen (secondary N) is 2. The van der Waals surface area contributed by atoms with Gasteiger partial charge in [0.25, 0.3) is 0 Å². The molecule has 0 saturated heterocycles. The van der Waals surface area contributed by atoms with Crippen molar-refractivity contribution in [2.45, 2.75) is 25.9 Å². The molecule has 0 fully saturated rings. The summed E-state index contributed by atoms with van der Waals surface area (Å²) in [6, 6.07) is 8.03. The number of para-hydroxylation sites is 2. The molecule has 0 aliphatic carbocycles. The van der Waals surface area contributed by atoms with E-state index in [4.69, 9.17) is 9.26 Å². The van der Waals surface area contributed by atoms with Gasteiger partial charge in [-0.15, -0.1) is 12.4 Å². The summed E-state index contributed by atoms with van der Waals surface area (Å²) in [7, 11) is 3.55. The van der Waals surface area contributed by atoms with Crippen molar-refractivity contribution in [3.05, 3.63) is 36.0 Å². The zero-order chi connectivity index (χ0) is 14.4. The molecule has 0 amide bonds. The second-order valence-electron chi connectivity index (χ2n) is 4.55. The second kappa shape index (κ2) is 8.49. The Balaban J connectivity index is 0.00000220. The van der Waals surface area contributed by atoms with Gasteiger partial charge >= 0.3 is 0 Å². The SMILES string of the molecule is CNC(C)Cc1noc(CNc2ccccc2OC)n1.Cl. The van der Waals surface area contributed by atoms with Gasteiger partial charge in [-0.2, -0.15) is 4.98 Å². The lowest BCUT2D eigenvalue weighted by Crippen LogP contribution is -2.24. The van der Waals surface area contributed by atoms with Gasteiger partial charge < -0.3 is 19.9 Å². The van der Waals surface area contributed by atoms with Gasteiger partial charge in [-0.05, 0) is 26.1 Å². The molecule has 0 aliphatic rings. The number of ether oxygens (including phenoxy) is 1. The smallest absolute Gasteiger partial charge is 0.245 e. The minimum Gasteiger partial charge on any atom is -0.495 e. The molecule has 7 heteroatoms. The van der Waals surface area contributed by atoms with E-state index in [2.05, 4.69) is 27.7 Å². The van der Waals surface area contributed by atoms with E-state index in [0.717, 1.165) is 17.9 Å². The van der Waals surface area contributed by atoms with Gasteiger partial charge in [0.2, 0.25) is 5.89 Å². The maximum Gasteiger partial charge on any atom is 0.245 e. The molecule has 2 aromatic rings. The number of anilines is 1. The minimum atomic E-state index is 0. The Bertz CT molecular complexity index is 547. The Kier molecular flexibility index (Phi) is 6.98. The first-order valence-electron chi connectivity index (χ1n) is 6.58. The molecule has 2 N–H and O–H groups in total.